The predicted molar refractivity (Wildman–Crippen MR) is 92.2 cm³/mol. The van der Waals surface area contributed by atoms with E-state index in [0.717, 1.165) is 6.26 Å². The average Bonchev–Trinajstić information content (AvgIpc) is 2.51. The highest BCUT2D eigenvalue weighted by atomic mass is 32.2. The van der Waals surface area contributed by atoms with E-state index in [9.17, 15) is 18.0 Å². The van der Waals surface area contributed by atoms with Gasteiger partial charge in [0.15, 0.2) is 6.61 Å². The number of nitrogens with zero attached hydrogens (tertiary/aromatic N) is 1. The number of hydrogen-bond acceptors (Lipinski definition) is 6. The lowest BCUT2D eigenvalue weighted by Gasteiger charge is -2.27. The maximum absolute atomic E-state index is 12.1. The van der Waals surface area contributed by atoms with E-state index in [2.05, 4.69) is 10.0 Å². The molecule has 1 aromatic rings. The van der Waals surface area contributed by atoms with Crippen LogP contribution >= 0.6 is 0 Å². The lowest BCUT2D eigenvalue weighted by molar-refractivity contribution is -0.125. The van der Waals surface area contributed by atoms with Crippen molar-refractivity contribution in [1.29, 1.82) is 5.26 Å². The molecule has 0 saturated carbocycles. The van der Waals surface area contributed by atoms with Crippen LogP contribution in [0.4, 0.5) is 5.69 Å². The number of amides is 1. The van der Waals surface area contributed by atoms with Gasteiger partial charge in [-0.05, 0) is 25.0 Å². The van der Waals surface area contributed by atoms with Crippen molar-refractivity contribution in [2.75, 3.05) is 17.6 Å². The summed E-state index contributed by atoms with van der Waals surface area (Å²) in [6.07, 6.45) is 0.956. The molecule has 0 radical (unpaired) electrons. The number of para-hydroxylation sites is 1. The molecule has 0 aliphatic carbocycles. The van der Waals surface area contributed by atoms with Crippen molar-refractivity contribution < 1.29 is 22.7 Å². The number of rotatable bonds is 7. The van der Waals surface area contributed by atoms with Crippen LogP contribution in [0.5, 0.6) is 0 Å². The van der Waals surface area contributed by atoms with Crippen molar-refractivity contribution in [3.8, 4) is 6.07 Å². The van der Waals surface area contributed by atoms with Gasteiger partial charge in [-0.15, -0.1) is 0 Å². The molecular weight excluding hydrogens is 346 g/mol. The maximum atomic E-state index is 12.1. The first-order valence-corrected chi connectivity index (χ1v) is 9.34. The molecule has 1 atom stereocenters. The van der Waals surface area contributed by atoms with Gasteiger partial charge >= 0.3 is 5.97 Å². The Morgan fingerprint density at radius 2 is 1.92 bits per heavy atom. The number of anilines is 1. The summed E-state index contributed by atoms with van der Waals surface area (Å²) in [5.41, 5.74) is -1.05. The van der Waals surface area contributed by atoms with E-state index in [1.54, 1.807) is 26.8 Å². The molecule has 2 N–H and O–H groups in total. The van der Waals surface area contributed by atoms with E-state index in [-0.39, 0.29) is 17.2 Å². The van der Waals surface area contributed by atoms with Crippen molar-refractivity contribution in [1.82, 2.24) is 5.32 Å². The Labute approximate surface area is 147 Å². The summed E-state index contributed by atoms with van der Waals surface area (Å²) >= 11 is 0. The van der Waals surface area contributed by atoms with Gasteiger partial charge in [0.2, 0.25) is 10.0 Å². The molecule has 0 fully saturated rings. The zero-order valence-electron chi connectivity index (χ0n) is 14.5. The highest BCUT2D eigenvalue weighted by Gasteiger charge is 2.30. The number of benzene rings is 1. The van der Waals surface area contributed by atoms with Crippen LogP contribution in [-0.2, 0) is 19.6 Å². The summed E-state index contributed by atoms with van der Waals surface area (Å²) in [7, 11) is -3.57. The molecule has 0 aliphatic heterocycles. The van der Waals surface area contributed by atoms with Crippen molar-refractivity contribution in [3.63, 3.8) is 0 Å². The van der Waals surface area contributed by atoms with E-state index < -0.39 is 34.0 Å². The van der Waals surface area contributed by atoms with Crippen LogP contribution in [0.1, 0.15) is 31.1 Å². The lowest BCUT2D eigenvalue weighted by atomic mass is 9.90. The van der Waals surface area contributed by atoms with Gasteiger partial charge in [-0.25, -0.2) is 13.2 Å². The van der Waals surface area contributed by atoms with Crippen LogP contribution < -0.4 is 10.0 Å². The summed E-state index contributed by atoms with van der Waals surface area (Å²) in [5.74, 6) is -1.62. The van der Waals surface area contributed by atoms with Crippen LogP contribution in [0.3, 0.4) is 0 Å². The summed E-state index contributed by atoms with van der Waals surface area (Å²) in [5, 5.41) is 11.7. The third kappa shape index (κ3) is 6.08. The van der Waals surface area contributed by atoms with Gasteiger partial charge in [-0.2, -0.15) is 5.26 Å². The largest absolute Gasteiger partial charge is 0.452 e. The SMILES string of the molecule is CC(C)[C@@](C)(C#N)NC(=O)COC(=O)c1ccccc1NS(C)(=O)=O. The first kappa shape index (κ1) is 20.4. The fourth-order valence-corrected chi connectivity index (χ4v) is 2.36. The highest BCUT2D eigenvalue weighted by Crippen LogP contribution is 2.18. The Morgan fingerprint density at radius 1 is 1.32 bits per heavy atom. The number of carbonyl (C=O) groups is 2. The molecule has 25 heavy (non-hydrogen) atoms. The topological polar surface area (TPSA) is 125 Å². The Kier molecular flexibility index (Phi) is 6.53. The quantitative estimate of drug-likeness (QED) is 0.699. The molecule has 0 aliphatic rings. The fourth-order valence-electron chi connectivity index (χ4n) is 1.79. The molecule has 0 spiro atoms. The third-order valence-electron chi connectivity index (χ3n) is 3.56. The van der Waals surface area contributed by atoms with Crippen LogP contribution in [0, 0.1) is 17.2 Å². The minimum atomic E-state index is -3.57. The van der Waals surface area contributed by atoms with E-state index in [1.807, 2.05) is 6.07 Å². The van der Waals surface area contributed by atoms with Gasteiger partial charge in [0.05, 0.1) is 23.6 Å². The number of hydrogen-bond donors (Lipinski definition) is 2. The maximum Gasteiger partial charge on any atom is 0.340 e. The zero-order chi connectivity index (χ0) is 19.3. The fraction of sp³-hybridized carbons (Fsp3) is 0.438. The number of nitrogens with one attached hydrogen (secondary N) is 2. The van der Waals surface area contributed by atoms with Crippen molar-refractivity contribution >= 4 is 27.6 Å². The molecule has 1 aromatic carbocycles. The van der Waals surface area contributed by atoms with E-state index in [4.69, 9.17) is 10.00 Å². The van der Waals surface area contributed by atoms with Crippen LogP contribution in [-0.4, -0.2) is 38.7 Å². The number of nitriles is 1. The molecule has 1 rings (SSSR count). The lowest BCUT2D eigenvalue weighted by Crippen LogP contribution is -2.50. The van der Waals surface area contributed by atoms with E-state index in [0.29, 0.717) is 0 Å². The molecule has 0 aromatic heterocycles. The molecule has 0 saturated heterocycles. The Morgan fingerprint density at radius 3 is 2.44 bits per heavy atom. The summed E-state index contributed by atoms with van der Waals surface area (Å²) in [6.45, 7) is 4.55. The second-order valence-corrected chi connectivity index (χ2v) is 7.76. The predicted octanol–water partition coefficient (Wildman–Crippen LogP) is 1.27. The Balaban J connectivity index is 2.79. The smallest absolute Gasteiger partial charge is 0.340 e. The average molecular weight is 367 g/mol. The van der Waals surface area contributed by atoms with Gasteiger partial charge in [-0.3, -0.25) is 9.52 Å². The second-order valence-electron chi connectivity index (χ2n) is 6.01. The first-order chi connectivity index (χ1) is 11.5. The van der Waals surface area contributed by atoms with Gasteiger partial charge in [0.25, 0.3) is 5.91 Å². The zero-order valence-corrected chi connectivity index (χ0v) is 15.3. The standard InChI is InChI=1S/C16H21N3O5S/c1-11(2)16(3,10-17)18-14(20)9-24-15(21)12-7-5-6-8-13(12)19-25(4,22)23/h5-8,11,19H,9H2,1-4H3,(H,18,20)/t16-/m1/s1. The highest BCUT2D eigenvalue weighted by molar-refractivity contribution is 7.92. The van der Waals surface area contributed by atoms with Crippen molar-refractivity contribution in [3.05, 3.63) is 29.8 Å². The molecule has 0 unspecified atom stereocenters. The minimum Gasteiger partial charge on any atom is -0.452 e. The van der Waals surface area contributed by atoms with Gasteiger partial charge in [-0.1, -0.05) is 26.0 Å². The molecule has 0 bridgehead atoms. The molecule has 0 heterocycles. The second kappa shape index (κ2) is 7.98. The number of esters is 1. The molecular formula is C16H21N3O5S. The first-order valence-electron chi connectivity index (χ1n) is 7.44. The van der Waals surface area contributed by atoms with E-state index >= 15 is 0 Å². The monoisotopic (exact) mass is 367 g/mol. The molecule has 9 heteroatoms. The van der Waals surface area contributed by atoms with Crippen LogP contribution in [0.2, 0.25) is 0 Å². The number of carbonyl (C=O) groups excluding carboxylic acids is 2. The Bertz CT molecular complexity index is 798. The number of sulfonamides is 1. The van der Waals surface area contributed by atoms with Gasteiger partial charge < -0.3 is 10.1 Å². The van der Waals surface area contributed by atoms with Crippen molar-refractivity contribution in [2.24, 2.45) is 5.92 Å². The molecule has 1 amide bonds. The summed E-state index contributed by atoms with van der Waals surface area (Å²) < 4.78 is 29.8. The Hall–Kier alpha value is -2.60. The minimum absolute atomic E-state index is 0.0207. The van der Waals surface area contributed by atoms with E-state index in [1.165, 1.54) is 18.2 Å². The normalized spacial score (nSPS) is 13.4. The third-order valence-corrected chi connectivity index (χ3v) is 4.15. The van der Waals surface area contributed by atoms with Crippen LogP contribution in [0.15, 0.2) is 24.3 Å². The summed E-state index contributed by atoms with van der Waals surface area (Å²) in [4.78, 5) is 24.0. The number of ether oxygens (including phenoxy) is 1. The van der Waals surface area contributed by atoms with Gasteiger partial charge in [0, 0.05) is 0 Å². The van der Waals surface area contributed by atoms with Gasteiger partial charge in [0.1, 0.15) is 5.54 Å². The van der Waals surface area contributed by atoms with Crippen LogP contribution in [0.25, 0.3) is 0 Å². The summed E-state index contributed by atoms with van der Waals surface area (Å²) in [6, 6.07) is 7.89. The molecule has 136 valence electrons. The van der Waals surface area contributed by atoms with Crippen molar-refractivity contribution in [2.45, 2.75) is 26.3 Å². The molecule has 8 nitrogen and oxygen atoms in total.